The molecule has 2 rings (SSSR count). The Kier molecular flexibility index (Phi) is 5.74. The van der Waals surface area contributed by atoms with Crippen LogP contribution in [0.3, 0.4) is 0 Å². The summed E-state index contributed by atoms with van der Waals surface area (Å²) >= 11 is 0. The third-order valence-electron chi connectivity index (χ3n) is 3.28. The molecule has 1 unspecified atom stereocenters. The van der Waals surface area contributed by atoms with Crippen molar-refractivity contribution >= 4 is 11.8 Å². The lowest BCUT2D eigenvalue weighted by atomic mass is 10.1. The highest BCUT2D eigenvalue weighted by atomic mass is 16.2. The first-order valence-corrected chi connectivity index (χ1v) is 7.17. The predicted octanol–water partition coefficient (Wildman–Crippen LogP) is 3.89. The zero-order valence-electron chi connectivity index (χ0n) is 12.3. The maximum absolute atomic E-state index is 12.2. The van der Waals surface area contributed by atoms with E-state index in [1.165, 1.54) is 4.90 Å². The molecule has 1 aliphatic heterocycles. The van der Waals surface area contributed by atoms with Crippen molar-refractivity contribution in [2.24, 2.45) is 0 Å². The van der Waals surface area contributed by atoms with E-state index in [-0.39, 0.29) is 17.9 Å². The normalized spacial score (nSPS) is 14.8. The van der Waals surface area contributed by atoms with Crippen LogP contribution in [0.5, 0.6) is 0 Å². The van der Waals surface area contributed by atoms with E-state index in [2.05, 4.69) is 6.92 Å². The smallest absolute Gasteiger partial charge is 0.261 e. The van der Waals surface area contributed by atoms with E-state index in [0.29, 0.717) is 11.1 Å². The average Bonchev–Trinajstić information content (AvgIpc) is 2.72. The van der Waals surface area contributed by atoms with Crippen LogP contribution >= 0.6 is 0 Å². The standard InChI is InChI=1S/C14H17NO2.C2H6/c1-3-7-10(4-2)15-13(16)11-8-5-6-9-12(11)14(15)17;1-2/h5-6,8-10H,3-4,7H2,1-2H3;1-2H3. The molecule has 0 bridgehead atoms. The molecule has 0 aromatic heterocycles. The molecule has 1 aromatic rings. The Morgan fingerprint density at radius 3 is 1.84 bits per heavy atom. The quantitative estimate of drug-likeness (QED) is 0.771. The van der Waals surface area contributed by atoms with Gasteiger partial charge in [-0.2, -0.15) is 0 Å². The summed E-state index contributed by atoms with van der Waals surface area (Å²) in [6.45, 7) is 8.09. The molecule has 1 atom stereocenters. The van der Waals surface area contributed by atoms with Crippen molar-refractivity contribution in [3.63, 3.8) is 0 Å². The van der Waals surface area contributed by atoms with Crippen LogP contribution in [0, 0.1) is 0 Å². The summed E-state index contributed by atoms with van der Waals surface area (Å²) in [6, 6.07) is 7.10. The number of fused-ring (bicyclic) bond motifs is 1. The number of benzene rings is 1. The van der Waals surface area contributed by atoms with E-state index >= 15 is 0 Å². The fraction of sp³-hybridized carbons (Fsp3) is 0.500. The Morgan fingerprint density at radius 1 is 1.00 bits per heavy atom. The van der Waals surface area contributed by atoms with Crippen LogP contribution in [0.2, 0.25) is 0 Å². The molecule has 0 radical (unpaired) electrons. The Bertz CT molecular complexity index is 419. The highest BCUT2D eigenvalue weighted by molar-refractivity contribution is 6.21. The molecule has 2 amide bonds. The number of rotatable bonds is 4. The maximum Gasteiger partial charge on any atom is 0.261 e. The molecule has 0 N–H and O–H groups in total. The van der Waals surface area contributed by atoms with E-state index in [1.807, 2.05) is 20.8 Å². The number of nitrogens with zero attached hydrogens (tertiary/aromatic N) is 1. The minimum Gasteiger partial charge on any atom is -0.271 e. The second-order valence-electron chi connectivity index (χ2n) is 4.38. The van der Waals surface area contributed by atoms with Crippen LogP contribution in [0.1, 0.15) is 67.7 Å². The summed E-state index contributed by atoms with van der Waals surface area (Å²) in [5.41, 5.74) is 1.10. The van der Waals surface area contributed by atoms with Crippen molar-refractivity contribution in [3.05, 3.63) is 35.4 Å². The Morgan fingerprint density at radius 2 is 1.47 bits per heavy atom. The maximum atomic E-state index is 12.2. The second kappa shape index (κ2) is 7.07. The predicted molar refractivity (Wildman–Crippen MR) is 77.3 cm³/mol. The summed E-state index contributed by atoms with van der Waals surface area (Å²) in [4.78, 5) is 25.8. The van der Waals surface area contributed by atoms with E-state index in [0.717, 1.165) is 19.3 Å². The zero-order chi connectivity index (χ0) is 14.4. The SMILES string of the molecule is CC.CCCC(CC)N1C(=O)c2ccccc2C1=O. The van der Waals surface area contributed by atoms with Crippen LogP contribution in [-0.4, -0.2) is 22.8 Å². The summed E-state index contributed by atoms with van der Waals surface area (Å²) in [6.07, 6.45) is 2.67. The lowest BCUT2D eigenvalue weighted by Gasteiger charge is -2.24. The van der Waals surface area contributed by atoms with Crippen LogP contribution in [0.15, 0.2) is 24.3 Å². The molecule has 1 aliphatic rings. The van der Waals surface area contributed by atoms with E-state index in [9.17, 15) is 9.59 Å². The average molecular weight is 261 g/mol. The van der Waals surface area contributed by atoms with Gasteiger partial charge in [-0.25, -0.2) is 0 Å². The molecule has 0 aliphatic carbocycles. The van der Waals surface area contributed by atoms with Gasteiger partial charge in [-0.1, -0.05) is 46.2 Å². The van der Waals surface area contributed by atoms with Gasteiger partial charge in [0.1, 0.15) is 0 Å². The number of carbonyl (C=O) groups excluding carboxylic acids is 2. The van der Waals surface area contributed by atoms with Gasteiger partial charge in [0.25, 0.3) is 11.8 Å². The molecular formula is C16H23NO2. The molecule has 0 saturated heterocycles. The summed E-state index contributed by atoms with van der Waals surface area (Å²) in [7, 11) is 0. The van der Waals surface area contributed by atoms with Crippen molar-refractivity contribution in [2.45, 2.75) is 53.0 Å². The van der Waals surface area contributed by atoms with Gasteiger partial charge in [0, 0.05) is 6.04 Å². The molecular weight excluding hydrogens is 238 g/mol. The fourth-order valence-corrected chi connectivity index (χ4v) is 2.39. The van der Waals surface area contributed by atoms with Crippen LogP contribution in [-0.2, 0) is 0 Å². The largest absolute Gasteiger partial charge is 0.271 e. The highest BCUT2D eigenvalue weighted by Gasteiger charge is 2.38. The molecule has 1 aromatic carbocycles. The minimum absolute atomic E-state index is 0.0346. The molecule has 0 fully saturated rings. The highest BCUT2D eigenvalue weighted by Crippen LogP contribution is 2.26. The molecule has 0 spiro atoms. The van der Waals surface area contributed by atoms with E-state index in [1.54, 1.807) is 24.3 Å². The summed E-state index contributed by atoms with van der Waals surface area (Å²) in [5.74, 6) is -0.267. The van der Waals surface area contributed by atoms with Gasteiger partial charge in [0.05, 0.1) is 11.1 Å². The summed E-state index contributed by atoms with van der Waals surface area (Å²) in [5, 5.41) is 0. The van der Waals surface area contributed by atoms with Gasteiger partial charge in [-0.05, 0) is 25.0 Å². The lowest BCUT2D eigenvalue weighted by Crippen LogP contribution is -2.39. The second-order valence-corrected chi connectivity index (χ2v) is 4.38. The van der Waals surface area contributed by atoms with Gasteiger partial charge in [-0.3, -0.25) is 14.5 Å². The van der Waals surface area contributed by atoms with Crippen molar-refractivity contribution < 1.29 is 9.59 Å². The zero-order valence-corrected chi connectivity index (χ0v) is 12.3. The van der Waals surface area contributed by atoms with Crippen molar-refractivity contribution in [1.29, 1.82) is 0 Å². The Labute approximate surface area is 115 Å². The van der Waals surface area contributed by atoms with E-state index in [4.69, 9.17) is 0 Å². The number of carbonyl (C=O) groups is 2. The first-order valence-electron chi connectivity index (χ1n) is 7.17. The molecule has 104 valence electrons. The van der Waals surface area contributed by atoms with Gasteiger partial charge in [0.2, 0.25) is 0 Å². The topological polar surface area (TPSA) is 37.4 Å². The van der Waals surface area contributed by atoms with Crippen LogP contribution in [0.4, 0.5) is 0 Å². The Hall–Kier alpha value is -1.64. The van der Waals surface area contributed by atoms with E-state index < -0.39 is 0 Å². The minimum atomic E-state index is -0.133. The van der Waals surface area contributed by atoms with Crippen LogP contribution in [0.25, 0.3) is 0 Å². The first-order chi connectivity index (χ1) is 9.20. The van der Waals surface area contributed by atoms with Gasteiger partial charge < -0.3 is 0 Å². The van der Waals surface area contributed by atoms with Crippen LogP contribution < -0.4 is 0 Å². The molecule has 1 heterocycles. The molecule has 3 heteroatoms. The third-order valence-corrected chi connectivity index (χ3v) is 3.28. The first kappa shape index (κ1) is 15.4. The number of hydrogen-bond acceptors (Lipinski definition) is 2. The number of imide groups is 1. The van der Waals surface area contributed by atoms with Crippen molar-refractivity contribution in [3.8, 4) is 0 Å². The molecule has 0 saturated carbocycles. The van der Waals surface area contributed by atoms with Gasteiger partial charge in [0.15, 0.2) is 0 Å². The fourth-order valence-electron chi connectivity index (χ4n) is 2.39. The molecule has 3 nitrogen and oxygen atoms in total. The lowest BCUT2D eigenvalue weighted by molar-refractivity contribution is 0.0571. The van der Waals surface area contributed by atoms with Crippen molar-refractivity contribution in [2.75, 3.05) is 0 Å². The Balaban J connectivity index is 0.000000861. The van der Waals surface area contributed by atoms with Gasteiger partial charge in [-0.15, -0.1) is 0 Å². The summed E-state index contributed by atoms with van der Waals surface area (Å²) < 4.78 is 0. The molecule has 19 heavy (non-hydrogen) atoms. The number of amides is 2. The third kappa shape index (κ3) is 2.86. The van der Waals surface area contributed by atoms with Gasteiger partial charge >= 0.3 is 0 Å². The monoisotopic (exact) mass is 261 g/mol. The number of hydrogen-bond donors (Lipinski definition) is 0. The van der Waals surface area contributed by atoms with Crippen molar-refractivity contribution in [1.82, 2.24) is 4.90 Å².